The molecule has 0 aliphatic carbocycles. The van der Waals surface area contributed by atoms with Crippen molar-refractivity contribution >= 4 is 39.7 Å². The molecule has 0 bridgehead atoms. The highest BCUT2D eigenvalue weighted by molar-refractivity contribution is 7.90. The Kier molecular flexibility index (Phi) is 8.22. The van der Waals surface area contributed by atoms with Crippen LogP contribution in [0.5, 0.6) is 5.75 Å². The molecule has 9 nitrogen and oxygen atoms in total. The van der Waals surface area contributed by atoms with Gasteiger partial charge in [-0.05, 0) is 48.0 Å². The van der Waals surface area contributed by atoms with Gasteiger partial charge in [0.05, 0.1) is 11.4 Å². The zero-order valence-corrected chi connectivity index (χ0v) is 17.4. The van der Waals surface area contributed by atoms with Gasteiger partial charge in [0.2, 0.25) is 0 Å². The molecule has 2 rings (SSSR count). The van der Waals surface area contributed by atoms with E-state index in [-0.39, 0.29) is 17.3 Å². The second-order valence-corrected chi connectivity index (χ2v) is 7.96. The molecule has 0 saturated heterocycles. The number of carbonyl (C=O) groups excluding carboxylic acids is 1. The second-order valence-electron chi connectivity index (χ2n) is 5.84. The summed E-state index contributed by atoms with van der Waals surface area (Å²) in [5, 5.41) is 11.2. The van der Waals surface area contributed by atoms with Gasteiger partial charge in [-0.3, -0.25) is 4.79 Å². The fourth-order valence-electron chi connectivity index (χ4n) is 2.22. The maximum absolute atomic E-state index is 12.6. The molecule has 0 aliphatic heterocycles. The Morgan fingerprint density at radius 3 is 2.30 bits per heavy atom. The SMILES string of the molecule is COCOc1ccc(/C=C(/CNC(=O)O)C(=O)NS(=O)(=O)c2ccc(Cl)cc2)cc1. The van der Waals surface area contributed by atoms with Crippen LogP contribution in [0, 0.1) is 0 Å². The Morgan fingerprint density at radius 2 is 1.73 bits per heavy atom. The lowest BCUT2D eigenvalue weighted by molar-refractivity contribution is -0.115. The number of hydrogen-bond donors (Lipinski definition) is 3. The number of carbonyl (C=O) groups is 2. The molecule has 0 saturated carbocycles. The number of benzene rings is 2. The molecule has 2 amide bonds. The quantitative estimate of drug-likeness (QED) is 0.391. The summed E-state index contributed by atoms with van der Waals surface area (Å²) in [5.41, 5.74) is 0.418. The average molecular weight is 455 g/mol. The minimum atomic E-state index is -4.18. The van der Waals surface area contributed by atoms with E-state index in [4.69, 9.17) is 26.2 Å². The number of nitrogens with one attached hydrogen (secondary N) is 2. The highest BCUT2D eigenvalue weighted by Gasteiger charge is 2.20. The molecular weight excluding hydrogens is 436 g/mol. The van der Waals surface area contributed by atoms with Crippen LogP contribution in [0.25, 0.3) is 6.08 Å². The summed E-state index contributed by atoms with van der Waals surface area (Å²) >= 11 is 5.75. The monoisotopic (exact) mass is 454 g/mol. The van der Waals surface area contributed by atoms with Gasteiger partial charge in [-0.15, -0.1) is 0 Å². The highest BCUT2D eigenvalue weighted by Crippen LogP contribution is 2.16. The smallest absolute Gasteiger partial charge is 0.404 e. The van der Waals surface area contributed by atoms with E-state index in [1.54, 1.807) is 24.3 Å². The number of amides is 2. The molecule has 0 aliphatic rings. The fraction of sp³-hybridized carbons (Fsp3) is 0.158. The molecule has 3 N–H and O–H groups in total. The molecule has 0 aromatic heterocycles. The number of hydrogen-bond acceptors (Lipinski definition) is 6. The first-order chi connectivity index (χ1) is 14.2. The lowest BCUT2D eigenvalue weighted by Gasteiger charge is -2.11. The molecule has 0 atom stereocenters. The van der Waals surface area contributed by atoms with Gasteiger partial charge in [-0.2, -0.15) is 0 Å². The first kappa shape index (κ1) is 23.2. The van der Waals surface area contributed by atoms with Crippen molar-refractivity contribution in [2.45, 2.75) is 4.90 Å². The van der Waals surface area contributed by atoms with Gasteiger partial charge in [-0.1, -0.05) is 23.7 Å². The predicted octanol–water partition coefficient (Wildman–Crippen LogP) is 2.48. The van der Waals surface area contributed by atoms with E-state index >= 15 is 0 Å². The summed E-state index contributed by atoms with van der Waals surface area (Å²) < 4.78 is 36.8. The maximum Gasteiger partial charge on any atom is 0.404 e. The minimum Gasteiger partial charge on any atom is -0.468 e. The van der Waals surface area contributed by atoms with E-state index in [2.05, 4.69) is 5.32 Å². The van der Waals surface area contributed by atoms with Gasteiger partial charge in [-0.25, -0.2) is 17.9 Å². The van der Waals surface area contributed by atoms with Crippen molar-refractivity contribution in [1.29, 1.82) is 0 Å². The van der Waals surface area contributed by atoms with Crippen molar-refractivity contribution in [3.63, 3.8) is 0 Å². The molecule has 2 aromatic carbocycles. The van der Waals surface area contributed by atoms with Crippen LogP contribution >= 0.6 is 11.6 Å². The molecular formula is C19H19ClN2O7S. The number of carboxylic acid groups (broad SMARTS) is 1. The van der Waals surface area contributed by atoms with Crippen molar-refractivity contribution in [2.75, 3.05) is 20.4 Å². The molecule has 11 heteroatoms. The molecule has 0 radical (unpaired) electrons. The molecule has 0 fully saturated rings. The maximum atomic E-state index is 12.6. The van der Waals surface area contributed by atoms with Crippen LogP contribution < -0.4 is 14.8 Å². The molecule has 160 valence electrons. The summed E-state index contributed by atoms with van der Waals surface area (Å²) in [7, 11) is -2.70. The Balaban J connectivity index is 2.24. The predicted molar refractivity (Wildman–Crippen MR) is 110 cm³/mol. The normalized spacial score (nSPS) is 11.6. The average Bonchev–Trinajstić information content (AvgIpc) is 2.70. The van der Waals surface area contributed by atoms with Crippen molar-refractivity contribution in [3.8, 4) is 5.75 Å². The molecule has 0 unspecified atom stereocenters. The number of sulfonamides is 1. The molecule has 0 heterocycles. The van der Waals surface area contributed by atoms with Crippen molar-refractivity contribution in [2.24, 2.45) is 0 Å². The van der Waals surface area contributed by atoms with E-state index in [0.29, 0.717) is 16.3 Å². The summed E-state index contributed by atoms with van der Waals surface area (Å²) in [4.78, 5) is 23.2. The summed E-state index contributed by atoms with van der Waals surface area (Å²) in [6.45, 7) is -0.340. The Labute approximate surface area is 178 Å². The third kappa shape index (κ3) is 7.07. The fourth-order valence-corrected chi connectivity index (χ4v) is 3.33. The van der Waals surface area contributed by atoms with Crippen LogP contribution in [0.4, 0.5) is 4.79 Å². The van der Waals surface area contributed by atoms with E-state index in [9.17, 15) is 18.0 Å². The van der Waals surface area contributed by atoms with Crippen molar-refractivity contribution in [3.05, 3.63) is 64.7 Å². The number of rotatable bonds is 9. The largest absolute Gasteiger partial charge is 0.468 e. The van der Waals surface area contributed by atoms with Crippen molar-refractivity contribution in [1.82, 2.24) is 10.0 Å². The van der Waals surface area contributed by atoms with E-state index < -0.39 is 28.6 Å². The van der Waals surface area contributed by atoms with E-state index in [1.807, 2.05) is 4.72 Å². The Morgan fingerprint density at radius 1 is 1.10 bits per heavy atom. The summed E-state index contributed by atoms with van der Waals surface area (Å²) in [6.07, 6.45) is 0.000485. The van der Waals surface area contributed by atoms with E-state index in [1.165, 1.54) is 37.5 Å². The lowest BCUT2D eigenvalue weighted by Crippen LogP contribution is -2.35. The van der Waals surface area contributed by atoms with Gasteiger partial charge >= 0.3 is 6.09 Å². The Hall–Kier alpha value is -3.08. The summed E-state index contributed by atoms with van der Waals surface area (Å²) in [5.74, 6) is -0.451. The minimum absolute atomic E-state index is 0.0634. The number of methoxy groups -OCH3 is 1. The van der Waals surface area contributed by atoms with Crippen LogP contribution in [0.3, 0.4) is 0 Å². The third-order valence-corrected chi connectivity index (χ3v) is 5.24. The molecule has 2 aromatic rings. The van der Waals surface area contributed by atoms with Crippen LogP contribution in [-0.2, 0) is 19.6 Å². The zero-order valence-electron chi connectivity index (χ0n) is 15.8. The first-order valence-corrected chi connectivity index (χ1v) is 10.3. The molecule has 0 spiro atoms. The third-order valence-electron chi connectivity index (χ3n) is 3.64. The highest BCUT2D eigenvalue weighted by atomic mass is 35.5. The number of ether oxygens (including phenoxy) is 2. The van der Waals surface area contributed by atoms with Crippen molar-refractivity contribution < 1.29 is 32.6 Å². The van der Waals surface area contributed by atoms with Crippen LogP contribution in [0.1, 0.15) is 5.56 Å². The lowest BCUT2D eigenvalue weighted by atomic mass is 10.1. The first-order valence-electron chi connectivity index (χ1n) is 8.43. The zero-order chi connectivity index (χ0) is 22.1. The number of halogens is 1. The van der Waals surface area contributed by atoms with Gasteiger partial charge in [0.1, 0.15) is 5.75 Å². The topological polar surface area (TPSA) is 131 Å². The Bertz CT molecular complexity index is 1020. The van der Waals surface area contributed by atoms with Crippen LogP contribution in [0.15, 0.2) is 59.0 Å². The molecule has 30 heavy (non-hydrogen) atoms. The van der Waals surface area contributed by atoms with Crippen LogP contribution in [0.2, 0.25) is 5.02 Å². The van der Waals surface area contributed by atoms with Gasteiger partial charge in [0.25, 0.3) is 15.9 Å². The van der Waals surface area contributed by atoms with E-state index in [0.717, 1.165) is 0 Å². The van der Waals surface area contributed by atoms with Gasteiger partial charge in [0.15, 0.2) is 6.79 Å². The second kappa shape index (κ2) is 10.6. The summed E-state index contributed by atoms with van der Waals surface area (Å²) in [6, 6.07) is 11.7. The van der Waals surface area contributed by atoms with Gasteiger partial charge < -0.3 is 19.9 Å². The van der Waals surface area contributed by atoms with Gasteiger partial charge in [0, 0.05) is 17.7 Å². The standard InChI is InChI=1S/C19H19ClN2O7S/c1-28-12-29-16-6-2-13(3-7-16)10-14(11-21-19(24)25)18(23)22-30(26,27)17-8-4-15(20)5-9-17/h2-10,21H,11-12H2,1H3,(H,22,23)(H,24,25)/b14-10-. The van der Waals surface area contributed by atoms with Crippen LogP contribution in [-0.4, -0.2) is 46.0 Å².